The van der Waals surface area contributed by atoms with E-state index < -0.39 is 6.36 Å². The number of fused-ring (bicyclic) bond motifs is 1. The average molecular weight is 446 g/mol. The molecule has 0 saturated carbocycles. The number of carbonyl (C=O) groups excluding carboxylic acids is 1. The summed E-state index contributed by atoms with van der Waals surface area (Å²) in [7, 11) is 3.82. The fraction of sp³-hybridized carbons (Fsp3) is 0.261. The molecule has 1 atom stereocenters. The highest BCUT2D eigenvalue weighted by Gasteiger charge is 2.34. The molecular weight excluding hydrogens is 425 g/mol. The highest BCUT2D eigenvalue weighted by Crippen LogP contribution is 2.39. The summed E-state index contributed by atoms with van der Waals surface area (Å²) in [5, 5.41) is 1.99. The van der Waals surface area contributed by atoms with Crippen LogP contribution in [0.15, 0.2) is 60.0 Å². The molecular formula is C23H21F3N2O2S. The maximum atomic E-state index is 13.5. The third kappa shape index (κ3) is 4.54. The van der Waals surface area contributed by atoms with Crippen LogP contribution in [0.4, 0.5) is 18.9 Å². The summed E-state index contributed by atoms with van der Waals surface area (Å²) < 4.78 is 41.6. The molecule has 0 saturated heterocycles. The van der Waals surface area contributed by atoms with E-state index in [0.29, 0.717) is 12.1 Å². The van der Waals surface area contributed by atoms with Gasteiger partial charge in [0.2, 0.25) is 0 Å². The number of nitrogens with zero attached hydrogens (tertiary/aromatic N) is 2. The molecule has 0 fully saturated rings. The first-order chi connectivity index (χ1) is 14.7. The van der Waals surface area contributed by atoms with E-state index in [1.165, 1.54) is 17.0 Å². The second-order valence-corrected chi connectivity index (χ2v) is 8.51. The van der Waals surface area contributed by atoms with Crippen LogP contribution < -0.4 is 9.64 Å². The third-order valence-corrected chi connectivity index (χ3v) is 6.26. The number of ether oxygens (including phenoxy) is 1. The van der Waals surface area contributed by atoms with Gasteiger partial charge in [-0.3, -0.25) is 4.79 Å². The van der Waals surface area contributed by atoms with E-state index in [-0.39, 0.29) is 17.7 Å². The molecule has 3 aromatic rings. The van der Waals surface area contributed by atoms with E-state index in [2.05, 4.69) is 4.74 Å². The quantitative estimate of drug-likeness (QED) is 0.531. The van der Waals surface area contributed by atoms with E-state index in [4.69, 9.17) is 0 Å². The summed E-state index contributed by atoms with van der Waals surface area (Å²) in [4.78, 5) is 18.4. The lowest BCUT2D eigenvalue weighted by Crippen LogP contribution is -2.40. The van der Waals surface area contributed by atoms with Crippen LogP contribution in [-0.4, -0.2) is 37.8 Å². The van der Waals surface area contributed by atoms with Gasteiger partial charge in [0.15, 0.2) is 0 Å². The van der Waals surface area contributed by atoms with Crippen molar-refractivity contribution in [1.82, 2.24) is 4.90 Å². The second-order valence-electron chi connectivity index (χ2n) is 7.51. The highest BCUT2D eigenvalue weighted by molar-refractivity contribution is 7.10. The van der Waals surface area contributed by atoms with Crippen molar-refractivity contribution in [2.24, 2.45) is 0 Å². The molecule has 0 N–H and O–H groups in total. The maximum Gasteiger partial charge on any atom is 0.573 e. The van der Waals surface area contributed by atoms with Gasteiger partial charge >= 0.3 is 6.36 Å². The van der Waals surface area contributed by atoms with Crippen molar-refractivity contribution >= 4 is 22.9 Å². The number of halogens is 3. The monoisotopic (exact) mass is 446 g/mol. The summed E-state index contributed by atoms with van der Waals surface area (Å²) in [6.45, 7) is 0.532. The van der Waals surface area contributed by atoms with Gasteiger partial charge in [0.1, 0.15) is 5.75 Å². The smallest absolute Gasteiger partial charge is 0.406 e. The molecule has 162 valence electrons. The molecule has 8 heteroatoms. The van der Waals surface area contributed by atoms with Gasteiger partial charge in [0.25, 0.3) is 5.91 Å². The van der Waals surface area contributed by atoms with Gasteiger partial charge in [0.05, 0.1) is 6.04 Å². The number of rotatable bonds is 4. The SMILES string of the molecule is CN(C)c1cccc(C(=O)N2CCc3sccc3C2c2ccc(OC(F)(F)F)cc2)c1. The first-order valence-corrected chi connectivity index (χ1v) is 10.6. The van der Waals surface area contributed by atoms with Crippen LogP contribution in [0.1, 0.15) is 32.4 Å². The Kier molecular flexibility index (Phi) is 5.66. The van der Waals surface area contributed by atoms with Gasteiger partial charge in [0, 0.05) is 36.8 Å². The van der Waals surface area contributed by atoms with Gasteiger partial charge in [-0.2, -0.15) is 0 Å². The van der Waals surface area contributed by atoms with Crippen LogP contribution in [0.25, 0.3) is 0 Å². The lowest BCUT2D eigenvalue weighted by Gasteiger charge is -2.36. The van der Waals surface area contributed by atoms with Crippen molar-refractivity contribution in [3.8, 4) is 5.75 Å². The van der Waals surface area contributed by atoms with Gasteiger partial charge in [-0.05, 0) is 59.3 Å². The Labute approximate surface area is 182 Å². The standard InChI is InChI=1S/C23H21F3N2O2S/c1-27(2)17-5-3-4-16(14-17)22(29)28-12-10-20-19(11-13-31-20)21(28)15-6-8-18(9-7-15)30-23(24,25)26/h3-9,11,13-14,21H,10,12H2,1-2H3. The van der Waals surface area contributed by atoms with E-state index in [1.54, 1.807) is 34.4 Å². The summed E-state index contributed by atoms with van der Waals surface area (Å²) in [6, 6.07) is 14.8. The fourth-order valence-electron chi connectivity index (χ4n) is 3.83. The number of hydrogen-bond acceptors (Lipinski definition) is 4. The molecule has 2 heterocycles. The molecule has 0 bridgehead atoms. The number of carbonyl (C=O) groups is 1. The molecule has 31 heavy (non-hydrogen) atoms. The molecule has 1 aliphatic rings. The van der Waals surface area contributed by atoms with Crippen LogP contribution in [0.3, 0.4) is 0 Å². The van der Waals surface area contributed by atoms with Crippen LogP contribution in [-0.2, 0) is 6.42 Å². The summed E-state index contributed by atoms with van der Waals surface area (Å²) in [5.74, 6) is -0.393. The van der Waals surface area contributed by atoms with Crippen molar-refractivity contribution < 1.29 is 22.7 Å². The molecule has 0 aliphatic carbocycles. The predicted molar refractivity (Wildman–Crippen MR) is 115 cm³/mol. The Morgan fingerprint density at radius 1 is 1.13 bits per heavy atom. The summed E-state index contributed by atoms with van der Waals surface area (Å²) in [6.07, 6.45) is -4.00. The minimum absolute atomic E-state index is 0.110. The Morgan fingerprint density at radius 3 is 2.55 bits per heavy atom. The summed E-state index contributed by atoms with van der Waals surface area (Å²) in [5.41, 5.74) is 3.25. The molecule has 4 rings (SSSR count). The van der Waals surface area contributed by atoms with Crippen LogP contribution in [0, 0.1) is 0 Å². The largest absolute Gasteiger partial charge is 0.573 e. The first kappa shape index (κ1) is 21.2. The minimum atomic E-state index is -4.74. The Hall–Kier alpha value is -3.00. The molecule has 1 unspecified atom stereocenters. The number of alkyl halides is 3. The lowest BCUT2D eigenvalue weighted by molar-refractivity contribution is -0.274. The normalized spacial score (nSPS) is 16.0. The Morgan fingerprint density at radius 2 is 1.87 bits per heavy atom. The van der Waals surface area contributed by atoms with Gasteiger partial charge in [-0.1, -0.05) is 18.2 Å². The maximum absolute atomic E-state index is 13.5. The van der Waals surface area contributed by atoms with Crippen molar-refractivity contribution in [3.05, 3.63) is 81.5 Å². The van der Waals surface area contributed by atoms with Crippen LogP contribution in [0.2, 0.25) is 0 Å². The summed E-state index contributed by atoms with van der Waals surface area (Å²) >= 11 is 1.63. The number of thiophene rings is 1. The average Bonchev–Trinajstić information content (AvgIpc) is 3.21. The van der Waals surface area contributed by atoms with E-state index >= 15 is 0 Å². The van der Waals surface area contributed by atoms with Crippen molar-refractivity contribution in [1.29, 1.82) is 0 Å². The molecule has 0 radical (unpaired) electrons. The topological polar surface area (TPSA) is 32.8 Å². The number of amides is 1. The van der Waals surface area contributed by atoms with Crippen molar-refractivity contribution in [2.45, 2.75) is 18.8 Å². The molecule has 1 amide bonds. The van der Waals surface area contributed by atoms with Gasteiger partial charge in [-0.15, -0.1) is 24.5 Å². The number of anilines is 1. The molecule has 4 nitrogen and oxygen atoms in total. The zero-order chi connectivity index (χ0) is 22.2. The minimum Gasteiger partial charge on any atom is -0.406 e. The van der Waals surface area contributed by atoms with Gasteiger partial charge < -0.3 is 14.5 Å². The predicted octanol–water partition coefficient (Wildman–Crippen LogP) is 5.50. The first-order valence-electron chi connectivity index (χ1n) is 9.73. The Bertz CT molecular complexity index is 1080. The van der Waals surface area contributed by atoms with E-state index in [0.717, 1.165) is 23.2 Å². The van der Waals surface area contributed by atoms with Crippen LogP contribution in [0.5, 0.6) is 5.75 Å². The molecule has 2 aromatic carbocycles. The Balaban J connectivity index is 1.69. The van der Waals surface area contributed by atoms with Crippen molar-refractivity contribution in [2.75, 3.05) is 25.5 Å². The molecule has 0 spiro atoms. The van der Waals surface area contributed by atoms with Crippen LogP contribution >= 0.6 is 11.3 Å². The number of hydrogen-bond donors (Lipinski definition) is 0. The zero-order valence-electron chi connectivity index (χ0n) is 17.0. The number of benzene rings is 2. The van der Waals surface area contributed by atoms with Crippen molar-refractivity contribution in [3.63, 3.8) is 0 Å². The van der Waals surface area contributed by atoms with Gasteiger partial charge in [-0.25, -0.2) is 0 Å². The molecule has 1 aromatic heterocycles. The zero-order valence-corrected chi connectivity index (χ0v) is 17.8. The van der Waals surface area contributed by atoms with E-state index in [9.17, 15) is 18.0 Å². The molecule has 1 aliphatic heterocycles. The third-order valence-electron chi connectivity index (χ3n) is 5.27. The highest BCUT2D eigenvalue weighted by atomic mass is 32.1. The lowest BCUT2D eigenvalue weighted by atomic mass is 9.92. The second kappa shape index (κ2) is 8.26. The van der Waals surface area contributed by atoms with E-state index in [1.807, 2.05) is 48.6 Å². The fourth-order valence-corrected chi connectivity index (χ4v) is 4.73.